The molecular weight excluding hydrogens is 238 g/mol. The fourth-order valence-electron chi connectivity index (χ4n) is 2.14. The molecule has 1 aromatic carbocycles. The molecule has 0 bridgehead atoms. The number of nitrogens with zero attached hydrogens (tertiary/aromatic N) is 1. The third-order valence-electron chi connectivity index (χ3n) is 3.30. The van der Waals surface area contributed by atoms with Gasteiger partial charge >= 0.3 is 0 Å². The number of nitrogen functional groups attached to an aromatic ring is 1. The Morgan fingerprint density at radius 3 is 2.68 bits per heavy atom. The van der Waals surface area contributed by atoms with E-state index in [2.05, 4.69) is 24.1 Å². The van der Waals surface area contributed by atoms with Crippen LogP contribution in [0.3, 0.4) is 0 Å². The summed E-state index contributed by atoms with van der Waals surface area (Å²) in [6.45, 7) is 4.13. The van der Waals surface area contributed by atoms with Crippen molar-refractivity contribution in [1.82, 2.24) is 10.3 Å². The van der Waals surface area contributed by atoms with Gasteiger partial charge in [-0.1, -0.05) is 32.0 Å². The quantitative estimate of drug-likeness (QED) is 0.885. The van der Waals surface area contributed by atoms with Crippen LogP contribution < -0.4 is 11.1 Å². The van der Waals surface area contributed by atoms with Crippen molar-refractivity contribution in [2.45, 2.75) is 32.7 Å². The number of pyridine rings is 1. The van der Waals surface area contributed by atoms with E-state index in [-0.39, 0.29) is 11.9 Å². The highest BCUT2D eigenvalue weighted by molar-refractivity contribution is 6.06. The summed E-state index contributed by atoms with van der Waals surface area (Å²) in [6.07, 6.45) is 1.83. The van der Waals surface area contributed by atoms with Crippen LogP contribution in [0, 0.1) is 0 Å². The fourth-order valence-corrected chi connectivity index (χ4v) is 2.14. The highest BCUT2D eigenvalue weighted by Gasteiger charge is 2.14. The van der Waals surface area contributed by atoms with Crippen molar-refractivity contribution in [3.63, 3.8) is 0 Å². The molecule has 0 aliphatic heterocycles. The molecule has 4 heteroatoms. The van der Waals surface area contributed by atoms with Crippen molar-refractivity contribution in [3.8, 4) is 0 Å². The normalized spacial score (nSPS) is 10.9. The predicted molar refractivity (Wildman–Crippen MR) is 78.0 cm³/mol. The first-order valence-corrected chi connectivity index (χ1v) is 6.61. The van der Waals surface area contributed by atoms with E-state index in [1.54, 1.807) is 6.07 Å². The van der Waals surface area contributed by atoms with Gasteiger partial charge in [0.25, 0.3) is 5.91 Å². The Kier molecular flexibility index (Phi) is 4.00. The second-order valence-electron chi connectivity index (χ2n) is 4.60. The number of amides is 1. The van der Waals surface area contributed by atoms with Gasteiger partial charge in [-0.25, -0.2) is 4.98 Å². The number of fused-ring (bicyclic) bond motifs is 1. The molecule has 0 unspecified atom stereocenters. The first-order valence-electron chi connectivity index (χ1n) is 6.61. The Morgan fingerprint density at radius 2 is 2.00 bits per heavy atom. The number of nitrogens with one attached hydrogen (secondary N) is 1. The summed E-state index contributed by atoms with van der Waals surface area (Å²) in [7, 11) is 0. The number of carbonyl (C=O) groups excluding carboxylic acids is 1. The van der Waals surface area contributed by atoms with Crippen molar-refractivity contribution >= 4 is 22.6 Å². The maximum absolute atomic E-state index is 12.3. The van der Waals surface area contributed by atoms with Crippen LogP contribution in [0.25, 0.3) is 10.9 Å². The number of nitrogens with two attached hydrogens (primary N) is 1. The van der Waals surface area contributed by atoms with Gasteiger partial charge in [-0.05, 0) is 25.0 Å². The first-order chi connectivity index (χ1) is 9.15. The summed E-state index contributed by atoms with van der Waals surface area (Å²) in [6, 6.07) is 9.37. The minimum Gasteiger partial charge on any atom is -0.384 e. The van der Waals surface area contributed by atoms with Crippen molar-refractivity contribution in [1.29, 1.82) is 0 Å². The molecule has 1 heterocycles. The molecule has 2 aromatic rings. The maximum atomic E-state index is 12.3. The molecule has 0 saturated carbocycles. The van der Waals surface area contributed by atoms with E-state index in [1.807, 2.05) is 24.3 Å². The van der Waals surface area contributed by atoms with E-state index < -0.39 is 0 Å². The molecule has 100 valence electrons. The Morgan fingerprint density at radius 1 is 1.32 bits per heavy atom. The van der Waals surface area contributed by atoms with Crippen LogP contribution in [0.2, 0.25) is 0 Å². The van der Waals surface area contributed by atoms with Gasteiger partial charge in [-0.15, -0.1) is 0 Å². The lowest BCUT2D eigenvalue weighted by atomic mass is 10.1. The fraction of sp³-hybridized carbons (Fsp3) is 0.333. The summed E-state index contributed by atoms with van der Waals surface area (Å²) in [5.41, 5.74) is 7.11. The van der Waals surface area contributed by atoms with E-state index >= 15 is 0 Å². The molecule has 0 atom stereocenters. The third-order valence-corrected chi connectivity index (χ3v) is 3.30. The zero-order valence-electron chi connectivity index (χ0n) is 11.3. The van der Waals surface area contributed by atoms with Crippen LogP contribution in [0.5, 0.6) is 0 Å². The molecule has 2 rings (SSSR count). The summed E-state index contributed by atoms with van der Waals surface area (Å²) in [5, 5.41) is 3.86. The van der Waals surface area contributed by atoms with Crippen molar-refractivity contribution in [3.05, 3.63) is 35.9 Å². The van der Waals surface area contributed by atoms with Crippen LogP contribution in [-0.4, -0.2) is 16.9 Å². The average Bonchev–Trinajstić information content (AvgIpc) is 2.43. The number of hydrogen-bond donors (Lipinski definition) is 2. The maximum Gasteiger partial charge on any atom is 0.252 e. The minimum absolute atomic E-state index is 0.0843. The number of para-hydroxylation sites is 1. The van der Waals surface area contributed by atoms with Crippen LogP contribution in [0.4, 0.5) is 5.82 Å². The Labute approximate surface area is 113 Å². The molecule has 0 aliphatic carbocycles. The molecule has 3 N–H and O–H groups in total. The number of anilines is 1. The van der Waals surface area contributed by atoms with Gasteiger partial charge < -0.3 is 11.1 Å². The van der Waals surface area contributed by atoms with Crippen LogP contribution >= 0.6 is 0 Å². The lowest BCUT2D eigenvalue weighted by Gasteiger charge is -2.15. The number of rotatable bonds is 4. The Hall–Kier alpha value is -2.10. The average molecular weight is 257 g/mol. The minimum atomic E-state index is -0.0843. The predicted octanol–water partition coefficient (Wildman–Crippen LogP) is 2.74. The second-order valence-corrected chi connectivity index (χ2v) is 4.60. The van der Waals surface area contributed by atoms with E-state index in [0.29, 0.717) is 11.4 Å². The topological polar surface area (TPSA) is 68.0 Å². The van der Waals surface area contributed by atoms with Gasteiger partial charge in [0.2, 0.25) is 0 Å². The first kappa shape index (κ1) is 13.3. The second kappa shape index (κ2) is 5.69. The molecular formula is C15H19N3O. The SMILES string of the molecule is CCC(CC)NC(=O)c1cc(N)nc2ccccc12. The van der Waals surface area contributed by atoms with E-state index in [4.69, 9.17) is 5.73 Å². The molecule has 1 amide bonds. The monoisotopic (exact) mass is 257 g/mol. The van der Waals surface area contributed by atoms with Gasteiger partial charge in [-0.3, -0.25) is 4.79 Å². The van der Waals surface area contributed by atoms with E-state index in [9.17, 15) is 4.79 Å². The van der Waals surface area contributed by atoms with E-state index in [1.165, 1.54) is 0 Å². The highest BCUT2D eigenvalue weighted by Crippen LogP contribution is 2.19. The zero-order valence-corrected chi connectivity index (χ0v) is 11.3. The zero-order chi connectivity index (χ0) is 13.8. The van der Waals surface area contributed by atoms with Crippen LogP contribution in [0.15, 0.2) is 30.3 Å². The van der Waals surface area contributed by atoms with Crippen molar-refractivity contribution in [2.24, 2.45) is 0 Å². The van der Waals surface area contributed by atoms with Gasteiger partial charge in [-0.2, -0.15) is 0 Å². The smallest absolute Gasteiger partial charge is 0.252 e. The van der Waals surface area contributed by atoms with Gasteiger partial charge in [0.15, 0.2) is 0 Å². The molecule has 0 fully saturated rings. The van der Waals surface area contributed by atoms with Crippen molar-refractivity contribution < 1.29 is 4.79 Å². The molecule has 0 radical (unpaired) electrons. The molecule has 4 nitrogen and oxygen atoms in total. The Balaban J connectivity index is 2.41. The number of benzene rings is 1. The largest absolute Gasteiger partial charge is 0.384 e. The van der Waals surface area contributed by atoms with Gasteiger partial charge in [0, 0.05) is 11.4 Å². The van der Waals surface area contributed by atoms with Gasteiger partial charge in [0.1, 0.15) is 5.82 Å². The van der Waals surface area contributed by atoms with Crippen LogP contribution in [0.1, 0.15) is 37.0 Å². The standard InChI is InChI=1S/C15H19N3O/c1-3-10(4-2)17-15(19)12-9-14(16)18-13-8-6-5-7-11(12)13/h5-10H,3-4H2,1-2H3,(H2,16,18)(H,17,19). The number of carbonyl (C=O) groups is 1. The number of aromatic nitrogens is 1. The summed E-state index contributed by atoms with van der Waals surface area (Å²) < 4.78 is 0. The van der Waals surface area contributed by atoms with Crippen LogP contribution in [-0.2, 0) is 0 Å². The molecule has 1 aromatic heterocycles. The van der Waals surface area contributed by atoms with Crippen molar-refractivity contribution in [2.75, 3.05) is 5.73 Å². The highest BCUT2D eigenvalue weighted by atomic mass is 16.1. The lowest BCUT2D eigenvalue weighted by Crippen LogP contribution is -2.34. The summed E-state index contributed by atoms with van der Waals surface area (Å²) >= 11 is 0. The Bertz CT molecular complexity index is 591. The summed E-state index contributed by atoms with van der Waals surface area (Å²) in [4.78, 5) is 16.6. The molecule has 0 aliphatic rings. The van der Waals surface area contributed by atoms with Gasteiger partial charge in [0.05, 0.1) is 11.1 Å². The molecule has 19 heavy (non-hydrogen) atoms. The number of hydrogen-bond acceptors (Lipinski definition) is 3. The van der Waals surface area contributed by atoms with E-state index in [0.717, 1.165) is 23.7 Å². The molecule has 0 spiro atoms. The summed E-state index contributed by atoms with van der Waals surface area (Å²) in [5.74, 6) is 0.285. The molecule has 0 saturated heterocycles. The lowest BCUT2D eigenvalue weighted by molar-refractivity contribution is 0.0936. The third kappa shape index (κ3) is 2.84.